The van der Waals surface area contributed by atoms with E-state index in [9.17, 15) is 0 Å². The van der Waals surface area contributed by atoms with Crippen molar-refractivity contribution in [3.8, 4) is 5.75 Å². The zero-order chi connectivity index (χ0) is 14.4. The number of benzene rings is 1. The molecule has 0 saturated carbocycles. The van der Waals surface area contributed by atoms with E-state index in [2.05, 4.69) is 44.3 Å². The van der Waals surface area contributed by atoms with Crippen LogP contribution >= 0.6 is 0 Å². The normalized spacial score (nSPS) is 20.3. The van der Waals surface area contributed by atoms with Gasteiger partial charge in [-0.05, 0) is 43.4 Å². The fraction of sp³-hybridized carbons (Fsp3) is 0.647. The van der Waals surface area contributed by atoms with Crippen LogP contribution in [0.3, 0.4) is 0 Å². The molecule has 1 aromatic rings. The molecular formula is C17H27NO2. The Morgan fingerprint density at radius 2 is 2.20 bits per heavy atom. The molecule has 2 unspecified atom stereocenters. The molecule has 20 heavy (non-hydrogen) atoms. The van der Waals surface area contributed by atoms with Crippen LogP contribution in [0.5, 0.6) is 5.75 Å². The van der Waals surface area contributed by atoms with Gasteiger partial charge in [-0.2, -0.15) is 0 Å². The number of ether oxygens (including phenoxy) is 2. The van der Waals surface area contributed by atoms with Crippen molar-refractivity contribution in [1.29, 1.82) is 0 Å². The summed E-state index contributed by atoms with van der Waals surface area (Å²) in [4.78, 5) is 0. The fourth-order valence-electron chi connectivity index (χ4n) is 2.37. The molecule has 3 heteroatoms. The van der Waals surface area contributed by atoms with Gasteiger partial charge in [-0.3, -0.25) is 0 Å². The Morgan fingerprint density at radius 3 is 2.90 bits per heavy atom. The van der Waals surface area contributed by atoms with Crippen molar-refractivity contribution in [3.05, 3.63) is 29.8 Å². The van der Waals surface area contributed by atoms with Crippen LogP contribution in [0.15, 0.2) is 24.3 Å². The molecule has 1 aliphatic rings. The first-order valence-electron chi connectivity index (χ1n) is 7.73. The third kappa shape index (κ3) is 4.80. The van der Waals surface area contributed by atoms with E-state index in [1.165, 1.54) is 18.4 Å². The summed E-state index contributed by atoms with van der Waals surface area (Å²) in [6.07, 6.45) is 2.76. The van der Waals surface area contributed by atoms with Gasteiger partial charge in [0.25, 0.3) is 0 Å². The van der Waals surface area contributed by atoms with Crippen LogP contribution in [0.1, 0.15) is 45.2 Å². The van der Waals surface area contributed by atoms with Crippen LogP contribution in [0.4, 0.5) is 0 Å². The highest BCUT2D eigenvalue weighted by Gasteiger charge is 2.16. The van der Waals surface area contributed by atoms with E-state index in [0.717, 1.165) is 25.5 Å². The first-order valence-corrected chi connectivity index (χ1v) is 7.73. The van der Waals surface area contributed by atoms with E-state index in [1.807, 2.05) is 6.07 Å². The topological polar surface area (TPSA) is 30.5 Å². The Morgan fingerprint density at radius 1 is 1.35 bits per heavy atom. The molecule has 112 valence electrons. The van der Waals surface area contributed by atoms with Gasteiger partial charge in [-0.25, -0.2) is 0 Å². The molecule has 0 aromatic heterocycles. The molecule has 0 bridgehead atoms. The second-order valence-electron chi connectivity index (χ2n) is 6.04. The minimum atomic E-state index is 0.321. The van der Waals surface area contributed by atoms with Gasteiger partial charge >= 0.3 is 0 Å². The smallest absolute Gasteiger partial charge is 0.119 e. The van der Waals surface area contributed by atoms with Gasteiger partial charge in [0, 0.05) is 19.2 Å². The van der Waals surface area contributed by atoms with Crippen molar-refractivity contribution in [2.24, 2.45) is 5.92 Å². The van der Waals surface area contributed by atoms with Gasteiger partial charge in [0.05, 0.1) is 12.7 Å². The van der Waals surface area contributed by atoms with Crippen LogP contribution in [0.25, 0.3) is 0 Å². The Labute approximate surface area is 122 Å². The lowest BCUT2D eigenvalue weighted by Gasteiger charge is -2.18. The number of hydrogen-bond donors (Lipinski definition) is 1. The molecule has 2 rings (SSSR count). The monoisotopic (exact) mass is 277 g/mol. The van der Waals surface area contributed by atoms with Crippen molar-refractivity contribution < 1.29 is 9.47 Å². The standard InChI is InChI=1S/C17H27NO2/c1-13(2)12-20-16-7-4-6-15(10-16)14(3)18-11-17-8-5-9-19-17/h4,6-7,10,13-14,17-18H,5,8-9,11-12H2,1-3H3. The molecule has 2 atom stereocenters. The molecule has 3 nitrogen and oxygen atoms in total. The van der Waals surface area contributed by atoms with Gasteiger partial charge in [-0.15, -0.1) is 0 Å². The van der Waals surface area contributed by atoms with Crippen molar-refractivity contribution in [1.82, 2.24) is 5.32 Å². The van der Waals surface area contributed by atoms with Crippen LogP contribution < -0.4 is 10.1 Å². The molecular weight excluding hydrogens is 250 g/mol. The molecule has 1 saturated heterocycles. The predicted molar refractivity (Wildman–Crippen MR) is 82.2 cm³/mol. The third-order valence-corrected chi connectivity index (χ3v) is 3.62. The summed E-state index contributed by atoms with van der Waals surface area (Å²) >= 11 is 0. The van der Waals surface area contributed by atoms with E-state index in [1.54, 1.807) is 0 Å². The maximum Gasteiger partial charge on any atom is 0.119 e. The Hall–Kier alpha value is -1.06. The quantitative estimate of drug-likeness (QED) is 0.826. The van der Waals surface area contributed by atoms with Crippen LogP contribution in [-0.4, -0.2) is 25.9 Å². The first kappa shape index (κ1) is 15.3. The highest BCUT2D eigenvalue weighted by atomic mass is 16.5. The lowest BCUT2D eigenvalue weighted by atomic mass is 10.1. The Balaban J connectivity index is 1.84. The molecule has 0 spiro atoms. The zero-order valence-corrected chi connectivity index (χ0v) is 12.9. The fourth-order valence-corrected chi connectivity index (χ4v) is 2.37. The van der Waals surface area contributed by atoms with Gasteiger partial charge < -0.3 is 14.8 Å². The summed E-state index contributed by atoms with van der Waals surface area (Å²) in [7, 11) is 0. The number of rotatable bonds is 7. The third-order valence-electron chi connectivity index (χ3n) is 3.62. The second kappa shape index (κ2) is 7.65. The van der Waals surface area contributed by atoms with Gasteiger partial charge in [0.15, 0.2) is 0 Å². The highest BCUT2D eigenvalue weighted by molar-refractivity contribution is 5.30. The SMILES string of the molecule is CC(C)COc1cccc(C(C)NCC2CCCO2)c1. The summed E-state index contributed by atoms with van der Waals surface area (Å²) in [6.45, 7) is 9.13. The van der Waals surface area contributed by atoms with Crippen LogP contribution in [0.2, 0.25) is 0 Å². The van der Waals surface area contributed by atoms with Crippen molar-refractivity contribution in [2.75, 3.05) is 19.8 Å². The molecule has 0 amide bonds. The van der Waals surface area contributed by atoms with Gasteiger partial charge in [0.2, 0.25) is 0 Å². The lowest BCUT2D eigenvalue weighted by Crippen LogP contribution is -2.28. The minimum absolute atomic E-state index is 0.321. The van der Waals surface area contributed by atoms with Gasteiger partial charge in [-0.1, -0.05) is 26.0 Å². The maximum atomic E-state index is 5.78. The van der Waals surface area contributed by atoms with E-state index < -0.39 is 0 Å². The minimum Gasteiger partial charge on any atom is -0.493 e. The zero-order valence-electron chi connectivity index (χ0n) is 12.9. The molecule has 1 aromatic carbocycles. The maximum absolute atomic E-state index is 5.78. The molecule has 0 aliphatic carbocycles. The molecule has 1 fully saturated rings. The molecule has 1 N–H and O–H groups in total. The predicted octanol–water partition coefficient (Wildman–Crippen LogP) is 3.55. The summed E-state index contributed by atoms with van der Waals surface area (Å²) in [5, 5.41) is 3.55. The number of hydrogen-bond acceptors (Lipinski definition) is 3. The Kier molecular flexibility index (Phi) is 5.86. The van der Waals surface area contributed by atoms with Crippen molar-refractivity contribution in [3.63, 3.8) is 0 Å². The van der Waals surface area contributed by atoms with E-state index in [4.69, 9.17) is 9.47 Å². The average molecular weight is 277 g/mol. The Bertz CT molecular complexity index is 400. The van der Waals surface area contributed by atoms with E-state index in [0.29, 0.717) is 18.1 Å². The molecule has 1 aliphatic heterocycles. The highest BCUT2D eigenvalue weighted by Crippen LogP contribution is 2.20. The molecule has 1 heterocycles. The molecule has 0 radical (unpaired) electrons. The van der Waals surface area contributed by atoms with Crippen molar-refractivity contribution >= 4 is 0 Å². The lowest BCUT2D eigenvalue weighted by molar-refractivity contribution is 0.108. The largest absolute Gasteiger partial charge is 0.493 e. The average Bonchev–Trinajstić information content (AvgIpc) is 2.96. The van der Waals surface area contributed by atoms with E-state index in [-0.39, 0.29) is 0 Å². The second-order valence-corrected chi connectivity index (χ2v) is 6.04. The number of nitrogens with one attached hydrogen (secondary N) is 1. The van der Waals surface area contributed by atoms with Crippen LogP contribution in [0, 0.1) is 5.92 Å². The first-order chi connectivity index (χ1) is 9.65. The summed E-state index contributed by atoms with van der Waals surface area (Å²) in [5.41, 5.74) is 1.27. The van der Waals surface area contributed by atoms with Crippen LogP contribution in [-0.2, 0) is 4.74 Å². The summed E-state index contributed by atoms with van der Waals surface area (Å²) in [5.74, 6) is 1.51. The van der Waals surface area contributed by atoms with E-state index >= 15 is 0 Å². The van der Waals surface area contributed by atoms with Gasteiger partial charge in [0.1, 0.15) is 5.75 Å². The van der Waals surface area contributed by atoms with Crippen molar-refractivity contribution in [2.45, 2.75) is 45.8 Å². The summed E-state index contributed by atoms with van der Waals surface area (Å²) in [6, 6.07) is 8.70. The summed E-state index contributed by atoms with van der Waals surface area (Å²) < 4.78 is 11.4.